The molecule has 1 atom stereocenters. The molecule has 3 aromatic rings. The molecule has 1 unspecified atom stereocenters. The van der Waals surface area contributed by atoms with Crippen LogP contribution in [-0.4, -0.2) is 27.0 Å². The van der Waals surface area contributed by atoms with Gasteiger partial charge in [-0.3, -0.25) is 9.10 Å². The van der Waals surface area contributed by atoms with Gasteiger partial charge in [-0.15, -0.1) is 0 Å². The van der Waals surface area contributed by atoms with Crippen LogP contribution in [0.3, 0.4) is 0 Å². The van der Waals surface area contributed by atoms with Crippen LogP contribution in [0, 0.1) is 6.92 Å². The molecule has 3 aromatic carbocycles. The number of nitrogens with zero attached hydrogens (tertiary/aromatic N) is 1. The summed E-state index contributed by atoms with van der Waals surface area (Å²) in [4.78, 5) is 13.0. The molecule has 0 aliphatic carbocycles. The van der Waals surface area contributed by atoms with E-state index < -0.39 is 22.0 Å². The van der Waals surface area contributed by atoms with Crippen molar-refractivity contribution in [2.45, 2.75) is 17.9 Å². The van der Waals surface area contributed by atoms with Crippen LogP contribution in [0.4, 0.5) is 11.4 Å². The lowest BCUT2D eigenvalue weighted by Crippen LogP contribution is -2.48. The first-order valence-corrected chi connectivity index (χ1v) is 11.1. The average molecular weight is 443 g/mol. The van der Waals surface area contributed by atoms with Crippen molar-refractivity contribution in [1.29, 1.82) is 0 Å². The van der Waals surface area contributed by atoms with Crippen LogP contribution in [0.1, 0.15) is 5.56 Å². The summed E-state index contributed by atoms with van der Waals surface area (Å²) in [5.74, 6) is -0.137. The minimum atomic E-state index is -3.89. The normalized spacial score (nSPS) is 15.8. The Morgan fingerprint density at radius 3 is 2.53 bits per heavy atom. The Hall–Kier alpha value is -3.03. The fourth-order valence-corrected chi connectivity index (χ4v) is 4.86. The molecule has 1 N–H and O–H groups in total. The zero-order valence-corrected chi connectivity index (χ0v) is 17.7. The summed E-state index contributed by atoms with van der Waals surface area (Å²) in [6, 6.07) is 20.1. The maximum atomic E-state index is 13.4. The molecule has 0 saturated carbocycles. The van der Waals surface area contributed by atoms with Crippen molar-refractivity contribution in [1.82, 2.24) is 0 Å². The smallest absolute Gasteiger partial charge is 0.267 e. The number of rotatable bonds is 4. The van der Waals surface area contributed by atoms with E-state index in [1.54, 1.807) is 72.8 Å². The molecule has 0 radical (unpaired) electrons. The highest BCUT2D eigenvalue weighted by Crippen LogP contribution is 2.37. The van der Waals surface area contributed by atoms with E-state index in [1.165, 1.54) is 4.31 Å². The number of fused-ring (bicyclic) bond motifs is 1. The zero-order chi connectivity index (χ0) is 21.3. The Balaban J connectivity index is 1.67. The van der Waals surface area contributed by atoms with Gasteiger partial charge in [0, 0.05) is 10.7 Å². The third-order valence-corrected chi connectivity index (χ3v) is 6.76. The van der Waals surface area contributed by atoms with Crippen LogP contribution in [0.5, 0.6) is 5.75 Å². The predicted octanol–water partition coefficient (Wildman–Crippen LogP) is 4.24. The molecule has 6 nitrogen and oxygen atoms in total. The largest absolute Gasteiger partial charge is 0.476 e. The summed E-state index contributed by atoms with van der Waals surface area (Å²) in [7, 11) is -3.89. The fourth-order valence-electron chi connectivity index (χ4n) is 3.19. The summed E-state index contributed by atoms with van der Waals surface area (Å²) in [5, 5.41) is 3.21. The highest BCUT2D eigenvalue weighted by Gasteiger charge is 2.37. The van der Waals surface area contributed by atoms with Gasteiger partial charge in [0.1, 0.15) is 5.75 Å². The summed E-state index contributed by atoms with van der Waals surface area (Å²) in [6.07, 6.45) is -1.03. The standard InChI is InChI=1S/C22H19ClN2O4S/c1-15-9-11-18(12-10-15)30(27,28)25-14-21(29-20-8-3-2-7-19(20)25)22(26)24-17-6-4-5-16(23)13-17/h2-13,21H,14H2,1H3,(H,24,26). The molecule has 4 rings (SSSR count). The minimum absolute atomic E-state index is 0.152. The average Bonchev–Trinajstić information content (AvgIpc) is 2.73. The van der Waals surface area contributed by atoms with Crippen molar-refractivity contribution < 1.29 is 17.9 Å². The van der Waals surface area contributed by atoms with Crippen LogP contribution in [-0.2, 0) is 14.8 Å². The first-order chi connectivity index (χ1) is 14.3. The van der Waals surface area contributed by atoms with E-state index in [4.69, 9.17) is 16.3 Å². The molecular weight excluding hydrogens is 424 g/mol. The molecule has 1 aliphatic rings. The van der Waals surface area contributed by atoms with E-state index in [1.807, 2.05) is 6.92 Å². The number of carbonyl (C=O) groups excluding carboxylic acids is 1. The van der Waals surface area contributed by atoms with Gasteiger partial charge in [0.15, 0.2) is 6.10 Å². The molecule has 0 saturated heterocycles. The number of para-hydroxylation sites is 2. The van der Waals surface area contributed by atoms with Crippen molar-refractivity contribution >= 4 is 38.9 Å². The minimum Gasteiger partial charge on any atom is -0.476 e. The van der Waals surface area contributed by atoms with Crippen LogP contribution in [0.25, 0.3) is 0 Å². The highest BCUT2D eigenvalue weighted by molar-refractivity contribution is 7.92. The Morgan fingerprint density at radius 2 is 1.80 bits per heavy atom. The van der Waals surface area contributed by atoms with Gasteiger partial charge in [0.05, 0.1) is 17.1 Å². The number of ether oxygens (including phenoxy) is 1. The van der Waals surface area contributed by atoms with Crippen molar-refractivity contribution in [2.24, 2.45) is 0 Å². The summed E-state index contributed by atoms with van der Waals surface area (Å²) in [6.45, 7) is 1.73. The van der Waals surface area contributed by atoms with E-state index in [0.717, 1.165) is 5.56 Å². The second-order valence-electron chi connectivity index (χ2n) is 6.92. The summed E-state index contributed by atoms with van der Waals surface area (Å²) >= 11 is 5.97. The van der Waals surface area contributed by atoms with Gasteiger partial charge >= 0.3 is 0 Å². The second-order valence-corrected chi connectivity index (χ2v) is 9.22. The van der Waals surface area contributed by atoms with Gasteiger partial charge in [-0.25, -0.2) is 8.42 Å². The molecule has 0 spiro atoms. The van der Waals surface area contributed by atoms with Crippen LogP contribution in [0.2, 0.25) is 5.02 Å². The third-order valence-electron chi connectivity index (χ3n) is 4.73. The number of hydrogen-bond donors (Lipinski definition) is 1. The number of anilines is 2. The van der Waals surface area contributed by atoms with Crippen LogP contribution in [0.15, 0.2) is 77.7 Å². The number of hydrogen-bond acceptors (Lipinski definition) is 4. The molecule has 30 heavy (non-hydrogen) atoms. The van der Waals surface area contributed by atoms with Gasteiger partial charge in [0.2, 0.25) is 0 Å². The number of halogens is 1. The van der Waals surface area contributed by atoms with E-state index >= 15 is 0 Å². The Labute approximate surface area is 180 Å². The number of aryl methyl sites for hydroxylation is 1. The number of amides is 1. The lowest BCUT2D eigenvalue weighted by atomic mass is 10.2. The molecule has 0 bridgehead atoms. The lowest BCUT2D eigenvalue weighted by Gasteiger charge is -2.34. The Kier molecular flexibility index (Phi) is 5.40. The van der Waals surface area contributed by atoms with Crippen molar-refractivity contribution in [3.63, 3.8) is 0 Å². The topological polar surface area (TPSA) is 75.7 Å². The maximum absolute atomic E-state index is 13.4. The van der Waals surface area contributed by atoms with Gasteiger partial charge in [0.25, 0.3) is 15.9 Å². The maximum Gasteiger partial charge on any atom is 0.267 e. The lowest BCUT2D eigenvalue weighted by molar-refractivity contribution is -0.122. The summed E-state index contributed by atoms with van der Waals surface area (Å²) in [5.41, 5.74) is 1.85. The molecule has 154 valence electrons. The first-order valence-electron chi connectivity index (χ1n) is 9.26. The number of nitrogens with one attached hydrogen (secondary N) is 1. The monoisotopic (exact) mass is 442 g/mol. The van der Waals surface area contributed by atoms with Crippen molar-refractivity contribution in [3.05, 3.63) is 83.4 Å². The molecule has 1 heterocycles. The SMILES string of the molecule is Cc1ccc(S(=O)(=O)N2CC(C(=O)Nc3cccc(Cl)c3)Oc3ccccc32)cc1. The van der Waals surface area contributed by atoms with Gasteiger partial charge in [-0.05, 0) is 49.4 Å². The van der Waals surface area contributed by atoms with E-state index in [0.29, 0.717) is 22.1 Å². The molecular formula is C22H19ClN2O4S. The molecule has 8 heteroatoms. The van der Waals surface area contributed by atoms with Crippen molar-refractivity contribution in [3.8, 4) is 5.75 Å². The second kappa shape index (κ2) is 8.01. The molecule has 0 aromatic heterocycles. The van der Waals surface area contributed by atoms with Crippen LogP contribution >= 0.6 is 11.6 Å². The molecule has 1 aliphatic heterocycles. The number of carbonyl (C=O) groups is 1. The predicted molar refractivity (Wildman–Crippen MR) is 117 cm³/mol. The van der Waals surface area contributed by atoms with Crippen LogP contribution < -0.4 is 14.4 Å². The number of sulfonamides is 1. The van der Waals surface area contributed by atoms with E-state index in [9.17, 15) is 13.2 Å². The zero-order valence-electron chi connectivity index (χ0n) is 16.1. The van der Waals surface area contributed by atoms with E-state index in [-0.39, 0.29) is 11.4 Å². The van der Waals surface area contributed by atoms with Gasteiger partial charge < -0.3 is 10.1 Å². The highest BCUT2D eigenvalue weighted by atomic mass is 35.5. The summed E-state index contributed by atoms with van der Waals surface area (Å²) < 4.78 is 33.8. The van der Waals surface area contributed by atoms with Gasteiger partial charge in [-0.1, -0.05) is 47.5 Å². The van der Waals surface area contributed by atoms with Crippen molar-refractivity contribution in [2.75, 3.05) is 16.2 Å². The van der Waals surface area contributed by atoms with Gasteiger partial charge in [-0.2, -0.15) is 0 Å². The Morgan fingerprint density at radius 1 is 1.07 bits per heavy atom. The number of benzene rings is 3. The van der Waals surface area contributed by atoms with E-state index in [2.05, 4.69) is 5.32 Å². The molecule has 0 fully saturated rings. The molecule has 1 amide bonds. The fraction of sp³-hybridized carbons (Fsp3) is 0.136. The quantitative estimate of drug-likeness (QED) is 0.655. The first kappa shape index (κ1) is 20.3. The third kappa shape index (κ3) is 3.99. The Bertz CT molecular complexity index is 1200.